The first kappa shape index (κ1) is 19.5. The van der Waals surface area contributed by atoms with Gasteiger partial charge in [-0.2, -0.15) is 0 Å². The van der Waals surface area contributed by atoms with E-state index in [9.17, 15) is 14.0 Å². The Bertz CT molecular complexity index is 907. The second kappa shape index (κ2) is 8.17. The molecule has 0 aliphatic heterocycles. The largest absolute Gasteiger partial charge is 0.478 e. The molecule has 0 saturated heterocycles. The molecule has 2 aromatic rings. The van der Waals surface area contributed by atoms with Crippen LogP contribution in [0.3, 0.4) is 0 Å². The molecular formula is C18H21FN6O3. The lowest BCUT2D eigenvalue weighted by Gasteiger charge is -2.30. The fourth-order valence-corrected chi connectivity index (χ4v) is 3.15. The molecule has 0 bridgehead atoms. The third kappa shape index (κ3) is 4.34. The van der Waals surface area contributed by atoms with Crippen LogP contribution in [0.4, 0.5) is 21.7 Å². The molecule has 1 aliphatic rings. The second-order valence-corrected chi connectivity index (χ2v) is 6.67. The van der Waals surface area contributed by atoms with Crippen LogP contribution in [-0.4, -0.2) is 39.0 Å². The van der Waals surface area contributed by atoms with Crippen molar-refractivity contribution in [3.05, 3.63) is 41.5 Å². The first-order valence-electron chi connectivity index (χ1n) is 8.83. The molecule has 0 radical (unpaired) electrons. The van der Waals surface area contributed by atoms with Gasteiger partial charge in [-0.25, -0.2) is 14.2 Å². The van der Waals surface area contributed by atoms with Gasteiger partial charge < -0.3 is 27.2 Å². The molecule has 0 unspecified atom stereocenters. The van der Waals surface area contributed by atoms with Crippen molar-refractivity contribution in [1.82, 2.24) is 9.97 Å². The van der Waals surface area contributed by atoms with Gasteiger partial charge in [0.2, 0.25) is 0 Å². The van der Waals surface area contributed by atoms with E-state index in [1.54, 1.807) is 0 Å². The van der Waals surface area contributed by atoms with E-state index >= 15 is 0 Å². The van der Waals surface area contributed by atoms with Crippen LogP contribution in [0.1, 0.15) is 46.4 Å². The summed E-state index contributed by atoms with van der Waals surface area (Å²) in [6.45, 7) is 0. The Morgan fingerprint density at radius 3 is 2.61 bits per heavy atom. The van der Waals surface area contributed by atoms with E-state index in [4.69, 9.17) is 16.6 Å². The molecule has 2 heterocycles. The van der Waals surface area contributed by atoms with Crippen LogP contribution in [0.25, 0.3) is 0 Å². The fraction of sp³-hybridized carbons (Fsp3) is 0.333. The monoisotopic (exact) mass is 388 g/mol. The maximum Gasteiger partial charge on any atom is 0.337 e. The Kier molecular flexibility index (Phi) is 5.69. The highest BCUT2D eigenvalue weighted by molar-refractivity contribution is 5.98. The topological polar surface area (TPSA) is 156 Å². The van der Waals surface area contributed by atoms with Crippen LogP contribution in [0.2, 0.25) is 0 Å². The molecule has 1 amide bonds. The number of aromatic carboxylic acids is 1. The minimum Gasteiger partial charge on any atom is -0.478 e. The summed E-state index contributed by atoms with van der Waals surface area (Å²) in [5.74, 6) is -2.83. The Balaban J connectivity index is 1.93. The number of carboxylic acid groups (broad SMARTS) is 1. The van der Waals surface area contributed by atoms with Crippen molar-refractivity contribution in [3.63, 3.8) is 0 Å². The number of hydrogen-bond donors (Lipinski definition) is 5. The Labute approximate surface area is 160 Å². The number of rotatable bonds is 6. The van der Waals surface area contributed by atoms with Crippen molar-refractivity contribution >= 4 is 29.2 Å². The SMILES string of the molecule is NC(=O)c1cc(F)c(N[C@@H]2CCCC[C@@H]2N)nc1Nc1cncc(C(=O)O)c1. The minimum absolute atomic E-state index is 0.00915. The van der Waals surface area contributed by atoms with Gasteiger partial charge in [-0.1, -0.05) is 12.8 Å². The standard InChI is InChI=1S/C18H21FN6O3/c19-12-6-11(15(21)26)16(23-10-5-9(18(27)28)7-22-8-10)25-17(12)24-14-4-2-1-3-13(14)20/h5-8,13-14H,1-4,20H2,(H2,21,26)(H,27,28)(H2,23,24,25)/t13-,14+/m0/s1. The van der Waals surface area contributed by atoms with E-state index in [2.05, 4.69) is 20.6 Å². The van der Waals surface area contributed by atoms with Gasteiger partial charge in [-0.3, -0.25) is 9.78 Å². The summed E-state index contributed by atoms with van der Waals surface area (Å²) in [5, 5.41) is 14.9. The molecule has 2 aromatic heterocycles. The van der Waals surface area contributed by atoms with Gasteiger partial charge in [-0.05, 0) is 25.0 Å². The van der Waals surface area contributed by atoms with Crippen LogP contribution < -0.4 is 22.1 Å². The molecule has 0 aromatic carbocycles. The number of halogens is 1. The number of primary amides is 1. The molecule has 1 fully saturated rings. The minimum atomic E-state index is -1.16. The maximum atomic E-state index is 14.5. The number of carboxylic acids is 1. The van der Waals surface area contributed by atoms with Crippen LogP contribution in [0.5, 0.6) is 0 Å². The van der Waals surface area contributed by atoms with Gasteiger partial charge in [0.1, 0.15) is 5.82 Å². The zero-order valence-corrected chi connectivity index (χ0v) is 15.0. The number of aromatic nitrogens is 2. The molecule has 148 valence electrons. The third-order valence-corrected chi connectivity index (χ3v) is 4.63. The summed E-state index contributed by atoms with van der Waals surface area (Å²) < 4.78 is 14.5. The normalized spacial score (nSPS) is 19.1. The predicted molar refractivity (Wildman–Crippen MR) is 101 cm³/mol. The van der Waals surface area contributed by atoms with Gasteiger partial charge in [0.25, 0.3) is 5.91 Å². The smallest absolute Gasteiger partial charge is 0.337 e. The second-order valence-electron chi connectivity index (χ2n) is 6.67. The van der Waals surface area contributed by atoms with Crippen LogP contribution in [-0.2, 0) is 0 Å². The Morgan fingerprint density at radius 2 is 1.93 bits per heavy atom. The highest BCUT2D eigenvalue weighted by atomic mass is 19.1. The van der Waals surface area contributed by atoms with E-state index in [0.29, 0.717) is 0 Å². The molecular weight excluding hydrogens is 367 g/mol. The van der Waals surface area contributed by atoms with Crippen LogP contribution in [0.15, 0.2) is 24.5 Å². The molecule has 10 heteroatoms. The van der Waals surface area contributed by atoms with Crippen LogP contribution in [0, 0.1) is 5.82 Å². The lowest BCUT2D eigenvalue weighted by atomic mass is 9.91. The number of anilines is 3. The van der Waals surface area contributed by atoms with Crippen molar-refractivity contribution in [2.75, 3.05) is 10.6 Å². The van der Waals surface area contributed by atoms with Crippen molar-refractivity contribution in [2.24, 2.45) is 11.5 Å². The number of carbonyl (C=O) groups excluding carboxylic acids is 1. The van der Waals surface area contributed by atoms with E-state index in [-0.39, 0.29) is 40.5 Å². The molecule has 1 saturated carbocycles. The van der Waals surface area contributed by atoms with Crippen molar-refractivity contribution in [1.29, 1.82) is 0 Å². The molecule has 0 spiro atoms. The number of carbonyl (C=O) groups is 2. The van der Waals surface area contributed by atoms with Crippen LogP contribution >= 0.6 is 0 Å². The summed E-state index contributed by atoms with van der Waals surface area (Å²) in [6.07, 6.45) is 6.15. The number of nitrogens with zero attached hydrogens (tertiary/aromatic N) is 2. The van der Waals surface area contributed by atoms with Crippen molar-refractivity contribution < 1.29 is 19.1 Å². The first-order chi connectivity index (χ1) is 13.3. The lowest BCUT2D eigenvalue weighted by molar-refractivity contribution is 0.0696. The lowest BCUT2D eigenvalue weighted by Crippen LogP contribution is -2.43. The molecule has 28 heavy (non-hydrogen) atoms. The fourth-order valence-electron chi connectivity index (χ4n) is 3.15. The third-order valence-electron chi connectivity index (χ3n) is 4.63. The number of hydrogen-bond acceptors (Lipinski definition) is 7. The summed E-state index contributed by atoms with van der Waals surface area (Å²) in [6, 6.07) is 2.04. The molecule has 3 rings (SSSR count). The van der Waals surface area contributed by atoms with Gasteiger partial charge in [-0.15, -0.1) is 0 Å². The highest BCUT2D eigenvalue weighted by Gasteiger charge is 2.24. The molecule has 7 N–H and O–H groups in total. The maximum absolute atomic E-state index is 14.5. The van der Waals surface area contributed by atoms with Gasteiger partial charge in [0, 0.05) is 18.3 Å². The summed E-state index contributed by atoms with van der Waals surface area (Å²) in [7, 11) is 0. The predicted octanol–water partition coefficient (Wildman–Crippen LogP) is 1.84. The molecule has 2 atom stereocenters. The number of nitrogens with two attached hydrogens (primary N) is 2. The zero-order valence-electron chi connectivity index (χ0n) is 15.0. The van der Waals surface area contributed by atoms with Crippen molar-refractivity contribution in [2.45, 2.75) is 37.8 Å². The number of amides is 1. The van der Waals surface area contributed by atoms with E-state index in [1.807, 2.05) is 0 Å². The summed E-state index contributed by atoms with van der Waals surface area (Å²) in [5.41, 5.74) is 11.5. The quantitative estimate of drug-likeness (QED) is 0.502. The molecule has 9 nitrogen and oxygen atoms in total. The average molecular weight is 388 g/mol. The Morgan fingerprint density at radius 1 is 1.18 bits per heavy atom. The van der Waals surface area contributed by atoms with Gasteiger partial charge in [0.05, 0.1) is 23.0 Å². The first-order valence-corrected chi connectivity index (χ1v) is 8.83. The zero-order chi connectivity index (χ0) is 20.3. The number of nitrogens with one attached hydrogen (secondary N) is 2. The summed E-state index contributed by atoms with van der Waals surface area (Å²) >= 11 is 0. The Hall–Kier alpha value is -3.27. The van der Waals surface area contributed by atoms with E-state index in [0.717, 1.165) is 31.7 Å². The van der Waals surface area contributed by atoms with E-state index in [1.165, 1.54) is 18.5 Å². The molecule has 1 aliphatic carbocycles. The van der Waals surface area contributed by atoms with E-state index < -0.39 is 17.7 Å². The summed E-state index contributed by atoms with van der Waals surface area (Å²) in [4.78, 5) is 30.8. The number of pyridine rings is 2. The highest BCUT2D eigenvalue weighted by Crippen LogP contribution is 2.26. The average Bonchev–Trinajstić information content (AvgIpc) is 2.66. The van der Waals surface area contributed by atoms with Gasteiger partial charge >= 0.3 is 5.97 Å². The van der Waals surface area contributed by atoms with Crippen molar-refractivity contribution in [3.8, 4) is 0 Å². The van der Waals surface area contributed by atoms with Gasteiger partial charge in [0.15, 0.2) is 11.6 Å².